The summed E-state index contributed by atoms with van der Waals surface area (Å²) in [6.45, 7) is 7.53. The molecule has 2 nitrogen and oxygen atoms in total. The Kier molecular flexibility index (Phi) is 6.67. The molecule has 1 N–H and O–H groups in total. The SMILES string of the molecule is CCC(C)C(C)NCc1cc(Br)cc(Br)c1OC. The van der Waals surface area contributed by atoms with E-state index in [9.17, 15) is 0 Å². The standard InChI is InChI=1S/C14H21Br2NO/c1-5-9(2)10(3)17-8-11-6-12(15)7-13(16)14(11)18-4/h6-7,9-10,17H,5,8H2,1-4H3. The van der Waals surface area contributed by atoms with E-state index in [1.54, 1.807) is 7.11 Å². The van der Waals surface area contributed by atoms with E-state index < -0.39 is 0 Å². The summed E-state index contributed by atoms with van der Waals surface area (Å²) < 4.78 is 7.48. The summed E-state index contributed by atoms with van der Waals surface area (Å²) in [7, 11) is 1.70. The minimum Gasteiger partial charge on any atom is -0.495 e. The Morgan fingerprint density at radius 3 is 2.50 bits per heavy atom. The smallest absolute Gasteiger partial charge is 0.137 e. The van der Waals surface area contributed by atoms with Crippen LogP contribution in [0, 0.1) is 5.92 Å². The molecule has 102 valence electrons. The van der Waals surface area contributed by atoms with Crippen molar-refractivity contribution in [3.05, 3.63) is 26.6 Å². The number of hydrogen-bond donors (Lipinski definition) is 1. The van der Waals surface area contributed by atoms with Crippen molar-refractivity contribution in [2.45, 2.75) is 39.8 Å². The molecule has 0 aromatic heterocycles. The monoisotopic (exact) mass is 377 g/mol. The highest BCUT2D eigenvalue weighted by atomic mass is 79.9. The van der Waals surface area contributed by atoms with E-state index in [0.29, 0.717) is 12.0 Å². The predicted molar refractivity (Wildman–Crippen MR) is 84.2 cm³/mol. The van der Waals surface area contributed by atoms with Gasteiger partial charge in [0.1, 0.15) is 5.75 Å². The van der Waals surface area contributed by atoms with E-state index in [4.69, 9.17) is 4.74 Å². The Bertz CT molecular complexity index is 396. The van der Waals surface area contributed by atoms with Gasteiger partial charge in [-0.3, -0.25) is 0 Å². The van der Waals surface area contributed by atoms with Gasteiger partial charge in [0.15, 0.2) is 0 Å². The van der Waals surface area contributed by atoms with Crippen molar-refractivity contribution in [3.63, 3.8) is 0 Å². The number of halogens is 2. The molecule has 1 aromatic rings. The molecule has 0 aliphatic rings. The van der Waals surface area contributed by atoms with Crippen LogP contribution in [-0.2, 0) is 6.54 Å². The molecule has 0 saturated heterocycles. The van der Waals surface area contributed by atoms with E-state index in [2.05, 4.69) is 64.0 Å². The number of nitrogens with one attached hydrogen (secondary N) is 1. The molecule has 0 saturated carbocycles. The molecule has 0 spiro atoms. The summed E-state index contributed by atoms with van der Waals surface area (Å²) in [6.07, 6.45) is 1.19. The first-order valence-corrected chi connectivity index (χ1v) is 7.83. The molecule has 0 aliphatic carbocycles. The zero-order valence-electron chi connectivity index (χ0n) is 11.4. The van der Waals surface area contributed by atoms with E-state index >= 15 is 0 Å². The van der Waals surface area contributed by atoms with Crippen LogP contribution < -0.4 is 10.1 Å². The molecule has 0 bridgehead atoms. The third-order valence-electron chi connectivity index (χ3n) is 3.40. The first kappa shape index (κ1) is 16.0. The molecule has 4 heteroatoms. The van der Waals surface area contributed by atoms with Gasteiger partial charge >= 0.3 is 0 Å². The summed E-state index contributed by atoms with van der Waals surface area (Å²) in [5.74, 6) is 1.58. The lowest BCUT2D eigenvalue weighted by Crippen LogP contribution is -2.31. The number of rotatable bonds is 6. The van der Waals surface area contributed by atoms with Crippen LogP contribution in [0.15, 0.2) is 21.1 Å². The van der Waals surface area contributed by atoms with Gasteiger partial charge in [-0.25, -0.2) is 0 Å². The Morgan fingerprint density at radius 2 is 1.94 bits per heavy atom. The van der Waals surface area contributed by atoms with Crippen LogP contribution in [-0.4, -0.2) is 13.2 Å². The number of ether oxygens (including phenoxy) is 1. The zero-order valence-corrected chi connectivity index (χ0v) is 14.6. The summed E-state index contributed by atoms with van der Waals surface area (Å²) in [6, 6.07) is 4.60. The van der Waals surface area contributed by atoms with Gasteiger partial charge in [-0.1, -0.05) is 36.2 Å². The van der Waals surface area contributed by atoms with Crippen LogP contribution in [0.4, 0.5) is 0 Å². The molecule has 18 heavy (non-hydrogen) atoms. The summed E-state index contributed by atoms with van der Waals surface area (Å²) in [5, 5.41) is 3.56. The van der Waals surface area contributed by atoms with E-state index in [1.807, 2.05) is 6.07 Å². The minimum absolute atomic E-state index is 0.498. The van der Waals surface area contributed by atoms with Gasteiger partial charge in [-0.2, -0.15) is 0 Å². The highest BCUT2D eigenvalue weighted by Gasteiger charge is 2.13. The van der Waals surface area contributed by atoms with Gasteiger partial charge in [-0.05, 0) is 40.9 Å². The fourth-order valence-electron chi connectivity index (χ4n) is 1.80. The fourth-order valence-corrected chi connectivity index (χ4v) is 3.27. The molecule has 0 heterocycles. The largest absolute Gasteiger partial charge is 0.495 e. The molecule has 2 unspecified atom stereocenters. The zero-order chi connectivity index (χ0) is 13.7. The molecule has 0 fully saturated rings. The van der Waals surface area contributed by atoms with Crippen molar-refractivity contribution in [1.82, 2.24) is 5.32 Å². The quantitative estimate of drug-likeness (QED) is 0.771. The van der Waals surface area contributed by atoms with Crippen LogP contribution in [0.25, 0.3) is 0 Å². The first-order valence-electron chi connectivity index (χ1n) is 6.24. The Balaban J connectivity index is 2.78. The maximum atomic E-state index is 5.44. The van der Waals surface area contributed by atoms with E-state index in [-0.39, 0.29) is 0 Å². The van der Waals surface area contributed by atoms with Crippen molar-refractivity contribution in [2.75, 3.05) is 7.11 Å². The van der Waals surface area contributed by atoms with Gasteiger partial charge in [0.25, 0.3) is 0 Å². The fraction of sp³-hybridized carbons (Fsp3) is 0.571. The second kappa shape index (κ2) is 7.51. The van der Waals surface area contributed by atoms with E-state index in [0.717, 1.165) is 26.8 Å². The van der Waals surface area contributed by atoms with Crippen molar-refractivity contribution < 1.29 is 4.74 Å². The topological polar surface area (TPSA) is 21.3 Å². The highest BCUT2D eigenvalue weighted by molar-refractivity contribution is 9.11. The molecule has 0 aliphatic heterocycles. The average molecular weight is 379 g/mol. The molecule has 1 aromatic carbocycles. The minimum atomic E-state index is 0.498. The molecule has 0 radical (unpaired) electrons. The lowest BCUT2D eigenvalue weighted by molar-refractivity contribution is 0.377. The molecule has 1 rings (SSSR count). The number of benzene rings is 1. The van der Waals surface area contributed by atoms with Crippen LogP contribution in [0.5, 0.6) is 5.75 Å². The predicted octanol–water partition coefficient (Wildman–Crippen LogP) is 4.74. The van der Waals surface area contributed by atoms with Crippen molar-refractivity contribution in [2.24, 2.45) is 5.92 Å². The molecule has 0 amide bonds. The summed E-state index contributed by atoms with van der Waals surface area (Å²) >= 11 is 7.04. The van der Waals surface area contributed by atoms with Gasteiger partial charge in [0.05, 0.1) is 11.6 Å². The second-order valence-corrected chi connectivity index (χ2v) is 6.41. The van der Waals surface area contributed by atoms with Crippen LogP contribution in [0.2, 0.25) is 0 Å². The maximum absolute atomic E-state index is 5.44. The van der Waals surface area contributed by atoms with Gasteiger partial charge < -0.3 is 10.1 Å². The van der Waals surface area contributed by atoms with Crippen molar-refractivity contribution >= 4 is 31.9 Å². The molecular formula is C14H21Br2NO. The Hall–Kier alpha value is -0.0600. The van der Waals surface area contributed by atoms with Crippen molar-refractivity contribution in [3.8, 4) is 5.75 Å². The summed E-state index contributed by atoms with van der Waals surface area (Å²) in [5.41, 5.74) is 1.16. The molecular weight excluding hydrogens is 358 g/mol. The van der Waals surface area contributed by atoms with Crippen molar-refractivity contribution in [1.29, 1.82) is 0 Å². The average Bonchev–Trinajstić information content (AvgIpc) is 2.34. The Morgan fingerprint density at radius 1 is 1.28 bits per heavy atom. The van der Waals surface area contributed by atoms with Gasteiger partial charge in [-0.15, -0.1) is 0 Å². The van der Waals surface area contributed by atoms with Crippen LogP contribution in [0.3, 0.4) is 0 Å². The second-order valence-electron chi connectivity index (χ2n) is 4.64. The lowest BCUT2D eigenvalue weighted by atomic mass is 10.0. The van der Waals surface area contributed by atoms with Gasteiger partial charge in [0, 0.05) is 22.6 Å². The lowest BCUT2D eigenvalue weighted by Gasteiger charge is -2.21. The van der Waals surface area contributed by atoms with Crippen LogP contribution in [0.1, 0.15) is 32.8 Å². The number of hydrogen-bond acceptors (Lipinski definition) is 2. The first-order chi connectivity index (χ1) is 8.49. The Labute approximate surface area is 127 Å². The molecule has 2 atom stereocenters. The normalized spacial score (nSPS) is 14.3. The van der Waals surface area contributed by atoms with Gasteiger partial charge in [0.2, 0.25) is 0 Å². The van der Waals surface area contributed by atoms with E-state index in [1.165, 1.54) is 6.42 Å². The summed E-state index contributed by atoms with van der Waals surface area (Å²) in [4.78, 5) is 0. The highest BCUT2D eigenvalue weighted by Crippen LogP contribution is 2.32. The third kappa shape index (κ3) is 4.25. The number of methoxy groups -OCH3 is 1. The third-order valence-corrected chi connectivity index (χ3v) is 4.45. The maximum Gasteiger partial charge on any atom is 0.137 e. The van der Waals surface area contributed by atoms with Crippen LogP contribution >= 0.6 is 31.9 Å².